The van der Waals surface area contributed by atoms with Gasteiger partial charge in [0, 0.05) is 12.8 Å². The van der Waals surface area contributed by atoms with Gasteiger partial charge in [-0.25, -0.2) is 9.59 Å². The minimum absolute atomic E-state index is 0.125. The van der Waals surface area contributed by atoms with Gasteiger partial charge in [0.1, 0.15) is 11.6 Å². The molecule has 1 aromatic rings. The van der Waals surface area contributed by atoms with E-state index in [0.29, 0.717) is 5.56 Å². The Bertz CT molecular complexity index is 689. The summed E-state index contributed by atoms with van der Waals surface area (Å²) in [4.78, 5) is 22.3. The molecule has 0 bridgehead atoms. The Balaban J connectivity index is 2.52. The molecule has 0 aliphatic rings. The first kappa shape index (κ1) is 22.3. The van der Waals surface area contributed by atoms with Crippen molar-refractivity contribution in [1.29, 1.82) is 5.26 Å². The van der Waals surface area contributed by atoms with Crippen molar-refractivity contribution in [2.75, 3.05) is 6.61 Å². The third kappa shape index (κ3) is 8.94. The Hall–Kier alpha value is -2.76. The molecule has 0 heterocycles. The summed E-state index contributed by atoms with van der Waals surface area (Å²) in [5.41, 5.74) is 0.734. The first-order chi connectivity index (χ1) is 12.4. The average Bonchev–Trinajstić information content (AvgIpc) is 2.53. The first-order valence-corrected chi connectivity index (χ1v) is 8.11. The quantitative estimate of drug-likeness (QED) is 0.758. The maximum absolute atomic E-state index is 12.0. The number of amides is 1. The molecular formula is C18H21F3N2O4. The lowest BCUT2D eigenvalue weighted by molar-refractivity contribution is -0.199. The smallest absolute Gasteiger partial charge is 0.459 e. The summed E-state index contributed by atoms with van der Waals surface area (Å²) in [5.74, 6) is -2.22. The number of benzene rings is 1. The van der Waals surface area contributed by atoms with Gasteiger partial charge >= 0.3 is 18.2 Å². The van der Waals surface area contributed by atoms with Crippen molar-refractivity contribution in [3.63, 3.8) is 0 Å². The minimum atomic E-state index is -5.00. The van der Waals surface area contributed by atoms with Crippen LogP contribution in [0.15, 0.2) is 24.3 Å². The standard InChI is InChI=1S/C18H21F3N2O4/c1-17(2,3)27-16(25)23-14(11-22)10-13-6-4-12(5-7-13)8-9-26-15(24)18(19,20)21/h4-7,14H,8-10H2,1-3H3,(H,23,25). The number of nitrogens with zero attached hydrogens (tertiary/aromatic N) is 1. The monoisotopic (exact) mass is 386 g/mol. The zero-order chi connectivity index (χ0) is 20.7. The van der Waals surface area contributed by atoms with Gasteiger partial charge in [-0.3, -0.25) is 0 Å². The number of hydrogen-bond acceptors (Lipinski definition) is 5. The molecule has 0 fully saturated rings. The number of esters is 1. The summed E-state index contributed by atoms with van der Waals surface area (Å²) >= 11 is 0. The van der Waals surface area contributed by atoms with Crippen LogP contribution < -0.4 is 5.32 Å². The molecular weight excluding hydrogens is 365 g/mol. The number of alkyl halides is 3. The normalized spacial score (nSPS) is 12.6. The molecule has 1 unspecified atom stereocenters. The third-order valence-electron chi connectivity index (χ3n) is 3.16. The van der Waals surface area contributed by atoms with E-state index < -0.39 is 36.5 Å². The average molecular weight is 386 g/mol. The van der Waals surface area contributed by atoms with E-state index in [-0.39, 0.29) is 12.8 Å². The summed E-state index contributed by atoms with van der Waals surface area (Å²) < 4.78 is 45.3. The van der Waals surface area contributed by atoms with Crippen molar-refractivity contribution >= 4 is 12.1 Å². The van der Waals surface area contributed by atoms with Gasteiger partial charge in [0.2, 0.25) is 0 Å². The highest BCUT2D eigenvalue weighted by Crippen LogP contribution is 2.17. The van der Waals surface area contributed by atoms with Crippen LogP contribution in [-0.2, 0) is 27.1 Å². The molecule has 1 N–H and O–H groups in total. The number of rotatable bonds is 6. The summed E-state index contributed by atoms with van der Waals surface area (Å²) in [6, 6.07) is 7.84. The van der Waals surface area contributed by atoms with Crippen molar-refractivity contribution in [3.05, 3.63) is 35.4 Å². The Morgan fingerprint density at radius 1 is 1.15 bits per heavy atom. The SMILES string of the molecule is CC(C)(C)OC(=O)NC(C#N)Cc1ccc(CCOC(=O)C(F)(F)F)cc1. The second-order valence-electron chi connectivity index (χ2n) is 6.73. The van der Waals surface area contributed by atoms with Gasteiger partial charge in [-0.1, -0.05) is 24.3 Å². The summed E-state index contributed by atoms with van der Waals surface area (Å²) in [7, 11) is 0. The van der Waals surface area contributed by atoms with Crippen molar-refractivity contribution < 1.29 is 32.2 Å². The Kier molecular flexibility index (Phi) is 7.64. The van der Waals surface area contributed by atoms with Crippen LogP contribution in [0.1, 0.15) is 31.9 Å². The largest absolute Gasteiger partial charge is 0.490 e. The molecule has 1 aromatic carbocycles. The summed E-state index contributed by atoms with van der Waals surface area (Å²) in [6.45, 7) is 4.73. The molecule has 0 aliphatic carbocycles. The number of ether oxygens (including phenoxy) is 2. The van der Waals surface area contributed by atoms with Crippen molar-refractivity contribution in [2.45, 2.75) is 51.4 Å². The highest BCUT2D eigenvalue weighted by Gasteiger charge is 2.40. The fraction of sp³-hybridized carbons (Fsp3) is 0.500. The van der Waals surface area contributed by atoms with Crippen LogP contribution in [0.5, 0.6) is 0 Å². The highest BCUT2D eigenvalue weighted by atomic mass is 19.4. The van der Waals surface area contributed by atoms with Crippen LogP contribution in [-0.4, -0.2) is 36.5 Å². The molecule has 27 heavy (non-hydrogen) atoms. The molecule has 9 heteroatoms. The fourth-order valence-electron chi connectivity index (χ4n) is 2.00. The Labute approximate surface area is 155 Å². The highest BCUT2D eigenvalue weighted by molar-refractivity contribution is 5.75. The minimum Gasteiger partial charge on any atom is -0.459 e. The van der Waals surface area contributed by atoms with Crippen LogP contribution >= 0.6 is 0 Å². The topological polar surface area (TPSA) is 88.4 Å². The molecule has 6 nitrogen and oxygen atoms in total. The van der Waals surface area contributed by atoms with Crippen molar-refractivity contribution in [3.8, 4) is 6.07 Å². The fourth-order valence-corrected chi connectivity index (χ4v) is 2.00. The van der Waals surface area contributed by atoms with Crippen molar-refractivity contribution in [1.82, 2.24) is 5.32 Å². The Morgan fingerprint density at radius 3 is 2.19 bits per heavy atom. The van der Waals surface area contributed by atoms with Gasteiger partial charge in [-0.05, 0) is 31.9 Å². The van der Waals surface area contributed by atoms with Gasteiger partial charge in [-0.15, -0.1) is 0 Å². The Morgan fingerprint density at radius 2 is 1.70 bits per heavy atom. The molecule has 1 atom stereocenters. The number of nitrogens with one attached hydrogen (secondary N) is 1. The number of nitriles is 1. The predicted octanol–water partition coefficient (Wildman–Crippen LogP) is 3.29. The van der Waals surface area contributed by atoms with E-state index in [4.69, 9.17) is 10.00 Å². The maximum atomic E-state index is 12.0. The third-order valence-corrected chi connectivity index (χ3v) is 3.16. The van der Waals surface area contributed by atoms with Crippen LogP contribution in [0, 0.1) is 11.3 Å². The first-order valence-electron chi connectivity index (χ1n) is 8.11. The van der Waals surface area contributed by atoms with Crippen molar-refractivity contribution in [2.24, 2.45) is 0 Å². The van der Waals surface area contributed by atoms with E-state index in [2.05, 4.69) is 10.1 Å². The summed E-state index contributed by atoms with van der Waals surface area (Å²) in [6.07, 6.45) is -5.34. The zero-order valence-electron chi connectivity index (χ0n) is 15.2. The summed E-state index contributed by atoms with van der Waals surface area (Å²) in [5, 5.41) is 11.6. The molecule has 0 aromatic heterocycles. The number of alkyl carbamates (subject to hydrolysis) is 1. The van der Waals surface area contributed by atoms with Crippen LogP contribution in [0.2, 0.25) is 0 Å². The molecule has 0 spiro atoms. The van der Waals surface area contributed by atoms with E-state index in [1.165, 1.54) is 0 Å². The van der Waals surface area contributed by atoms with Crippen LogP contribution in [0.3, 0.4) is 0 Å². The second kappa shape index (κ2) is 9.26. The molecule has 0 saturated carbocycles. The molecule has 0 aliphatic heterocycles. The van der Waals surface area contributed by atoms with Crippen LogP contribution in [0.4, 0.5) is 18.0 Å². The van der Waals surface area contributed by atoms with E-state index in [1.54, 1.807) is 45.0 Å². The van der Waals surface area contributed by atoms with Gasteiger partial charge in [-0.2, -0.15) is 18.4 Å². The molecule has 1 rings (SSSR count). The van der Waals surface area contributed by atoms with E-state index in [9.17, 15) is 22.8 Å². The molecule has 0 saturated heterocycles. The number of carbonyl (C=O) groups is 2. The lowest BCUT2D eigenvalue weighted by Gasteiger charge is -2.21. The number of carbonyl (C=O) groups excluding carboxylic acids is 2. The lowest BCUT2D eigenvalue weighted by atomic mass is 10.0. The lowest BCUT2D eigenvalue weighted by Crippen LogP contribution is -2.39. The van der Waals surface area contributed by atoms with Crippen LogP contribution in [0.25, 0.3) is 0 Å². The van der Waals surface area contributed by atoms with E-state index >= 15 is 0 Å². The number of halogens is 3. The van der Waals surface area contributed by atoms with Gasteiger partial charge in [0.15, 0.2) is 0 Å². The number of hydrogen-bond donors (Lipinski definition) is 1. The predicted molar refractivity (Wildman–Crippen MR) is 89.6 cm³/mol. The van der Waals surface area contributed by atoms with Gasteiger partial charge < -0.3 is 14.8 Å². The molecule has 0 radical (unpaired) electrons. The zero-order valence-corrected chi connectivity index (χ0v) is 15.2. The molecule has 1 amide bonds. The van der Waals surface area contributed by atoms with E-state index in [1.807, 2.05) is 6.07 Å². The second-order valence-corrected chi connectivity index (χ2v) is 6.73. The van der Waals surface area contributed by atoms with Gasteiger partial charge in [0.25, 0.3) is 0 Å². The van der Waals surface area contributed by atoms with E-state index in [0.717, 1.165) is 5.56 Å². The molecule has 148 valence electrons. The maximum Gasteiger partial charge on any atom is 0.490 e. The van der Waals surface area contributed by atoms with Gasteiger partial charge in [0.05, 0.1) is 12.7 Å².